The van der Waals surface area contributed by atoms with Crippen molar-refractivity contribution in [2.24, 2.45) is 0 Å². The van der Waals surface area contributed by atoms with Crippen molar-refractivity contribution in [2.45, 2.75) is 40.2 Å². The van der Waals surface area contributed by atoms with Gasteiger partial charge in [-0.05, 0) is 68.1 Å². The molecule has 0 aliphatic rings. The highest BCUT2D eigenvalue weighted by atomic mass is 16.5. The van der Waals surface area contributed by atoms with Crippen molar-refractivity contribution in [3.05, 3.63) is 59.2 Å². The van der Waals surface area contributed by atoms with Gasteiger partial charge in [-0.25, -0.2) is 0 Å². The Bertz CT molecular complexity index is 675. The second-order valence-electron chi connectivity index (χ2n) is 6.22. The summed E-state index contributed by atoms with van der Waals surface area (Å²) in [6, 6.07) is 13.9. The van der Waals surface area contributed by atoms with E-state index in [1.165, 1.54) is 5.56 Å². The van der Waals surface area contributed by atoms with E-state index < -0.39 is 6.10 Å². The quantitative estimate of drug-likeness (QED) is 0.742. The van der Waals surface area contributed by atoms with E-state index in [1.807, 2.05) is 50.2 Å². The summed E-state index contributed by atoms with van der Waals surface area (Å²) in [5, 5.41) is 2.84. The fourth-order valence-electron chi connectivity index (χ4n) is 2.57. The van der Waals surface area contributed by atoms with Crippen LogP contribution < -0.4 is 14.8 Å². The fraction of sp³-hybridized carbons (Fsp3) is 0.381. The first kappa shape index (κ1) is 18.8. The van der Waals surface area contributed by atoms with Crippen molar-refractivity contribution >= 4 is 5.91 Å². The van der Waals surface area contributed by atoms with Crippen LogP contribution in [0.1, 0.15) is 30.5 Å². The Morgan fingerprint density at radius 3 is 2.28 bits per heavy atom. The van der Waals surface area contributed by atoms with Gasteiger partial charge in [0, 0.05) is 0 Å². The molecule has 0 saturated heterocycles. The monoisotopic (exact) mass is 341 g/mol. The Balaban J connectivity index is 1.73. The molecule has 0 fully saturated rings. The largest absolute Gasteiger partial charge is 0.492 e. The predicted molar refractivity (Wildman–Crippen MR) is 100 cm³/mol. The summed E-state index contributed by atoms with van der Waals surface area (Å²) in [7, 11) is 0. The summed E-state index contributed by atoms with van der Waals surface area (Å²) in [5.74, 6) is 1.38. The zero-order valence-corrected chi connectivity index (χ0v) is 15.5. The maximum absolute atomic E-state index is 12.1. The van der Waals surface area contributed by atoms with E-state index in [-0.39, 0.29) is 5.91 Å². The zero-order chi connectivity index (χ0) is 18.2. The molecule has 0 bridgehead atoms. The van der Waals surface area contributed by atoms with Gasteiger partial charge in [0.25, 0.3) is 5.91 Å². The zero-order valence-electron chi connectivity index (χ0n) is 15.5. The van der Waals surface area contributed by atoms with Gasteiger partial charge in [-0.3, -0.25) is 4.79 Å². The van der Waals surface area contributed by atoms with Gasteiger partial charge in [-0.1, -0.05) is 25.1 Å². The van der Waals surface area contributed by atoms with E-state index in [4.69, 9.17) is 9.47 Å². The average molecular weight is 341 g/mol. The molecule has 1 amide bonds. The minimum absolute atomic E-state index is 0.149. The summed E-state index contributed by atoms with van der Waals surface area (Å²) in [5.41, 5.74) is 3.51. The highest BCUT2D eigenvalue weighted by Crippen LogP contribution is 2.17. The first-order valence-electron chi connectivity index (χ1n) is 8.72. The highest BCUT2D eigenvalue weighted by molar-refractivity contribution is 5.80. The number of nitrogens with one attached hydrogen (secondary N) is 1. The Labute approximate surface area is 150 Å². The lowest BCUT2D eigenvalue weighted by molar-refractivity contribution is -0.127. The van der Waals surface area contributed by atoms with Crippen molar-refractivity contribution in [3.63, 3.8) is 0 Å². The Kier molecular flexibility index (Phi) is 6.87. The maximum atomic E-state index is 12.1. The number of benzene rings is 2. The molecule has 2 aromatic rings. The van der Waals surface area contributed by atoms with Crippen molar-refractivity contribution in [3.8, 4) is 11.5 Å². The van der Waals surface area contributed by atoms with Gasteiger partial charge in [0.05, 0.1) is 6.54 Å². The SMILES string of the molecule is CCc1ccc(OCCNC(=O)C(C)Oc2cc(C)cc(C)c2)cc1. The van der Waals surface area contributed by atoms with Gasteiger partial charge < -0.3 is 14.8 Å². The lowest BCUT2D eigenvalue weighted by Crippen LogP contribution is -2.38. The first-order valence-corrected chi connectivity index (χ1v) is 8.72. The standard InChI is InChI=1S/C21H27NO3/c1-5-18-6-8-19(9-7-18)24-11-10-22-21(23)17(4)25-20-13-15(2)12-16(3)14-20/h6-9,12-14,17H,5,10-11H2,1-4H3,(H,22,23). The third kappa shape index (κ3) is 6.14. The van der Waals surface area contributed by atoms with Crippen molar-refractivity contribution in [2.75, 3.05) is 13.2 Å². The fourth-order valence-corrected chi connectivity index (χ4v) is 2.57. The van der Waals surface area contributed by atoms with Gasteiger partial charge in [0.2, 0.25) is 0 Å². The molecule has 1 unspecified atom stereocenters. The summed E-state index contributed by atoms with van der Waals surface area (Å²) < 4.78 is 11.4. The number of hydrogen-bond donors (Lipinski definition) is 1. The average Bonchev–Trinajstić information content (AvgIpc) is 2.58. The van der Waals surface area contributed by atoms with Crippen LogP contribution in [0.2, 0.25) is 0 Å². The molecule has 0 radical (unpaired) electrons. The Hall–Kier alpha value is -2.49. The smallest absolute Gasteiger partial charge is 0.260 e. The van der Waals surface area contributed by atoms with Crippen molar-refractivity contribution < 1.29 is 14.3 Å². The lowest BCUT2D eigenvalue weighted by atomic mass is 10.1. The topological polar surface area (TPSA) is 47.6 Å². The third-order valence-corrected chi connectivity index (χ3v) is 3.88. The number of carbonyl (C=O) groups is 1. The van der Waals surface area contributed by atoms with Crippen LogP contribution in [-0.2, 0) is 11.2 Å². The summed E-state index contributed by atoms with van der Waals surface area (Å²) >= 11 is 0. The molecule has 134 valence electrons. The number of hydrogen-bond acceptors (Lipinski definition) is 3. The van der Waals surface area contributed by atoms with Gasteiger partial charge in [-0.15, -0.1) is 0 Å². The van der Waals surface area contributed by atoms with Crippen LogP contribution in [0.15, 0.2) is 42.5 Å². The molecule has 4 heteroatoms. The van der Waals surface area contributed by atoms with Gasteiger partial charge in [0.15, 0.2) is 6.10 Å². The van der Waals surface area contributed by atoms with Crippen LogP contribution in [0.5, 0.6) is 11.5 Å². The molecule has 2 rings (SSSR count). The van der Waals surface area contributed by atoms with Gasteiger partial charge >= 0.3 is 0 Å². The van der Waals surface area contributed by atoms with Crippen LogP contribution in [0, 0.1) is 13.8 Å². The summed E-state index contributed by atoms with van der Waals surface area (Å²) in [6.45, 7) is 8.75. The maximum Gasteiger partial charge on any atom is 0.260 e. The first-order chi connectivity index (χ1) is 12.0. The van der Waals surface area contributed by atoms with Crippen LogP contribution >= 0.6 is 0 Å². The third-order valence-electron chi connectivity index (χ3n) is 3.88. The van der Waals surface area contributed by atoms with E-state index in [0.717, 1.165) is 23.3 Å². The van der Waals surface area contributed by atoms with Crippen LogP contribution in [0.25, 0.3) is 0 Å². The van der Waals surface area contributed by atoms with Crippen LogP contribution in [0.3, 0.4) is 0 Å². The normalized spacial score (nSPS) is 11.7. The molecular formula is C21H27NO3. The van der Waals surface area contributed by atoms with Crippen LogP contribution in [0.4, 0.5) is 0 Å². The number of amides is 1. The number of carbonyl (C=O) groups excluding carboxylic acids is 1. The second kappa shape index (κ2) is 9.11. The van der Waals surface area contributed by atoms with E-state index >= 15 is 0 Å². The molecular weight excluding hydrogens is 314 g/mol. The van der Waals surface area contributed by atoms with Crippen molar-refractivity contribution in [1.29, 1.82) is 0 Å². The van der Waals surface area contributed by atoms with Gasteiger partial charge in [-0.2, -0.15) is 0 Å². The molecule has 0 spiro atoms. The molecule has 0 aliphatic carbocycles. The summed E-state index contributed by atoms with van der Waals surface area (Å²) in [4.78, 5) is 12.1. The summed E-state index contributed by atoms with van der Waals surface area (Å²) in [6.07, 6.45) is 0.458. The Morgan fingerprint density at radius 2 is 1.68 bits per heavy atom. The minimum atomic E-state index is -0.551. The number of aryl methyl sites for hydroxylation is 3. The molecule has 1 atom stereocenters. The Morgan fingerprint density at radius 1 is 1.04 bits per heavy atom. The predicted octanol–water partition coefficient (Wildman–Crippen LogP) is 3.83. The molecule has 1 N–H and O–H groups in total. The molecule has 0 aromatic heterocycles. The van der Waals surface area contributed by atoms with E-state index in [0.29, 0.717) is 18.9 Å². The minimum Gasteiger partial charge on any atom is -0.492 e. The highest BCUT2D eigenvalue weighted by Gasteiger charge is 2.14. The number of rotatable bonds is 8. The van der Waals surface area contributed by atoms with Crippen molar-refractivity contribution in [1.82, 2.24) is 5.32 Å². The van der Waals surface area contributed by atoms with Crippen LogP contribution in [-0.4, -0.2) is 25.2 Å². The molecule has 0 aliphatic heterocycles. The second-order valence-corrected chi connectivity index (χ2v) is 6.22. The lowest BCUT2D eigenvalue weighted by Gasteiger charge is -2.16. The molecule has 0 heterocycles. The van der Waals surface area contributed by atoms with E-state index in [9.17, 15) is 4.79 Å². The number of ether oxygens (including phenoxy) is 2. The molecule has 2 aromatic carbocycles. The molecule has 25 heavy (non-hydrogen) atoms. The molecule has 0 saturated carbocycles. The molecule has 4 nitrogen and oxygen atoms in total. The van der Waals surface area contributed by atoms with E-state index in [1.54, 1.807) is 6.92 Å². The van der Waals surface area contributed by atoms with Gasteiger partial charge in [0.1, 0.15) is 18.1 Å². The van der Waals surface area contributed by atoms with E-state index in [2.05, 4.69) is 18.3 Å².